The van der Waals surface area contributed by atoms with E-state index in [2.05, 4.69) is 6.92 Å². The van der Waals surface area contributed by atoms with Crippen LogP contribution in [-0.4, -0.2) is 41.4 Å². The molecule has 0 aliphatic carbocycles. The molecule has 1 heterocycles. The van der Waals surface area contributed by atoms with Gasteiger partial charge in [-0.25, -0.2) is 9.59 Å². The Labute approximate surface area is 139 Å². The lowest BCUT2D eigenvalue weighted by atomic mass is 10.2. The van der Waals surface area contributed by atoms with E-state index in [0.29, 0.717) is 18.6 Å². The lowest BCUT2D eigenvalue weighted by molar-refractivity contribution is -0.195. The van der Waals surface area contributed by atoms with Crippen LogP contribution in [0.1, 0.15) is 19.8 Å². The molecule has 2 rings (SSSR count). The largest absolute Gasteiger partial charge is 0.448 e. The van der Waals surface area contributed by atoms with Gasteiger partial charge in [0, 0.05) is 23.5 Å². The molecule has 0 amide bonds. The van der Waals surface area contributed by atoms with Crippen molar-refractivity contribution in [3.63, 3.8) is 0 Å². The van der Waals surface area contributed by atoms with Gasteiger partial charge in [-0.3, -0.25) is 0 Å². The predicted octanol–water partition coefficient (Wildman–Crippen LogP) is 3.15. The number of hydrogen-bond donors (Lipinski definition) is 0. The molecule has 0 spiro atoms. The molecule has 6 heteroatoms. The van der Waals surface area contributed by atoms with Gasteiger partial charge in [0.05, 0.1) is 0 Å². The lowest BCUT2D eigenvalue weighted by Crippen LogP contribution is -2.44. The molecule has 0 N–H and O–H groups in total. The Balaban J connectivity index is 1.74. The molecular formula is C16H20O4S2. The summed E-state index contributed by atoms with van der Waals surface area (Å²) in [5.41, 5.74) is 0. The van der Waals surface area contributed by atoms with Crippen molar-refractivity contribution in [3.8, 4) is 0 Å². The van der Waals surface area contributed by atoms with Crippen molar-refractivity contribution in [3.05, 3.63) is 30.3 Å². The van der Waals surface area contributed by atoms with Crippen molar-refractivity contribution >= 4 is 35.5 Å². The number of carbonyl (C=O) groups excluding carboxylic acids is 2. The Bertz CT molecular complexity index is 492. The lowest BCUT2D eigenvalue weighted by Gasteiger charge is -2.27. The first-order chi connectivity index (χ1) is 10.7. The molecule has 2 atom stereocenters. The summed E-state index contributed by atoms with van der Waals surface area (Å²) < 4.78 is 10.5. The highest BCUT2D eigenvalue weighted by Gasteiger charge is 2.37. The Morgan fingerprint density at radius 1 is 0.955 bits per heavy atom. The molecule has 2 unspecified atom stereocenters. The number of cyclic esters (lactones) is 2. The summed E-state index contributed by atoms with van der Waals surface area (Å²) in [7, 11) is 0. The zero-order valence-corrected chi connectivity index (χ0v) is 14.2. The average molecular weight is 340 g/mol. The van der Waals surface area contributed by atoms with Crippen molar-refractivity contribution in [2.45, 2.75) is 36.9 Å². The molecule has 1 saturated heterocycles. The number of thioether (sulfide) groups is 2. The molecule has 1 aliphatic rings. The van der Waals surface area contributed by atoms with Gasteiger partial charge < -0.3 is 9.47 Å². The highest BCUT2D eigenvalue weighted by atomic mass is 32.2. The number of rotatable bonds is 8. The summed E-state index contributed by atoms with van der Waals surface area (Å²) in [6, 6.07) is 9.92. The number of esters is 2. The Hall–Kier alpha value is -1.14. The maximum absolute atomic E-state index is 11.9. The van der Waals surface area contributed by atoms with Gasteiger partial charge in [0.1, 0.15) is 0 Å². The fourth-order valence-electron chi connectivity index (χ4n) is 2.02. The van der Waals surface area contributed by atoms with E-state index in [9.17, 15) is 9.59 Å². The third-order valence-electron chi connectivity index (χ3n) is 3.16. The fourth-order valence-corrected chi connectivity index (χ4v) is 3.60. The first-order valence-electron chi connectivity index (χ1n) is 7.37. The maximum atomic E-state index is 11.9. The van der Waals surface area contributed by atoms with Gasteiger partial charge >= 0.3 is 11.9 Å². The van der Waals surface area contributed by atoms with E-state index in [1.807, 2.05) is 30.3 Å². The van der Waals surface area contributed by atoms with Crippen LogP contribution in [0.15, 0.2) is 35.2 Å². The monoisotopic (exact) mass is 340 g/mol. The van der Waals surface area contributed by atoms with E-state index in [1.54, 1.807) is 23.5 Å². The maximum Gasteiger partial charge on any atom is 0.348 e. The van der Waals surface area contributed by atoms with Gasteiger partial charge in [0.15, 0.2) is 12.2 Å². The highest BCUT2D eigenvalue weighted by molar-refractivity contribution is 7.99. The minimum absolute atomic E-state index is 0.411. The molecule has 0 saturated carbocycles. The highest BCUT2D eigenvalue weighted by Crippen LogP contribution is 2.22. The minimum atomic E-state index is -0.765. The topological polar surface area (TPSA) is 52.6 Å². The van der Waals surface area contributed by atoms with E-state index < -0.39 is 24.1 Å². The number of hydrogen-bond acceptors (Lipinski definition) is 6. The third kappa shape index (κ3) is 5.25. The van der Waals surface area contributed by atoms with E-state index >= 15 is 0 Å². The Morgan fingerprint density at radius 2 is 1.55 bits per heavy atom. The molecule has 1 aromatic carbocycles. The summed E-state index contributed by atoms with van der Waals surface area (Å²) in [4.78, 5) is 24.9. The van der Waals surface area contributed by atoms with Crippen molar-refractivity contribution in [1.29, 1.82) is 0 Å². The SMILES string of the molecule is CCSCCC1OC(=O)C(CCSc2ccccc2)OC1=O. The van der Waals surface area contributed by atoms with Crippen LogP contribution in [0.4, 0.5) is 0 Å². The second kappa shape index (κ2) is 9.10. The third-order valence-corrected chi connectivity index (χ3v) is 5.14. The summed E-state index contributed by atoms with van der Waals surface area (Å²) in [5.74, 6) is 1.64. The quantitative estimate of drug-likeness (QED) is 0.412. The second-order valence-electron chi connectivity index (χ2n) is 4.79. The van der Waals surface area contributed by atoms with Crippen molar-refractivity contribution in [2.24, 2.45) is 0 Å². The predicted molar refractivity (Wildman–Crippen MR) is 89.2 cm³/mol. The molecular weight excluding hydrogens is 320 g/mol. The van der Waals surface area contributed by atoms with Crippen LogP contribution < -0.4 is 0 Å². The molecule has 1 aliphatic heterocycles. The van der Waals surface area contributed by atoms with Gasteiger partial charge in [-0.1, -0.05) is 25.1 Å². The molecule has 22 heavy (non-hydrogen) atoms. The summed E-state index contributed by atoms with van der Waals surface area (Å²) in [6.45, 7) is 2.05. The van der Waals surface area contributed by atoms with E-state index in [-0.39, 0.29) is 0 Å². The standard InChI is InChI=1S/C16H20O4S2/c1-2-21-10-8-13-15(17)20-14(16(18)19-13)9-11-22-12-6-4-3-5-7-12/h3-7,13-14H,2,8-11H2,1H3. The normalized spacial score (nSPS) is 21.3. The first kappa shape index (κ1) is 17.2. The van der Waals surface area contributed by atoms with E-state index in [0.717, 1.165) is 16.4 Å². The first-order valence-corrected chi connectivity index (χ1v) is 9.51. The zero-order chi connectivity index (χ0) is 15.8. The van der Waals surface area contributed by atoms with Gasteiger partial charge in [-0.15, -0.1) is 11.8 Å². The van der Waals surface area contributed by atoms with Crippen LogP contribution >= 0.6 is 23.5 Å². The van der Waals surface area contributed by atoms with Crippen molar-refractivity contribution < 1.29 is 19.1 Å². The Kier molecular flexibility index (Phi) is 7.12. The Morgan fingerprint density at radius 3 is 2.14 bits per heavy atom. The smallest absolute Gasteiger partial charge is 0.348 e. The number of carbonyl (C=O) groups is 2. The molecule has 0 radical (unpaired) electrons. The van der Waals surface area contributed by atoms with Gasteiger partial charge in [-0.05, 0) is 23.6 Å². The number of ether oxygens (including phenoxy) is 2. The van der Waals surface area contributed by atoms with Gasteiger partial charge in [0.25, 0.3) is 0 Å². The minimum Gasteiger partial charge on any atom is -0.448 e. The average Bonchev–Trinajstić information content (AvgIpc) is 2.53. The van der Waals surface area contributed by atoms with Crippen LogP contribution in [0.2, 0.25) is 0 Å². The molecule has 4 nitrogen and oxygen atoms in total. The molecule has 120 valence electrons. The van der Waals surface area contributed by atoms with Crippen LogP contribution in [0, 0.1) is 0 Å². The summed E-state index contributed by atoms with van der Waals surface area (Å²) in [6.07, 6.45) is -0.502. The van der Waals surface area contributed by atoms with Crippen LogP contribution in [0.25, 0.3) is 0 Å². The van der Waals surface area contributed by atoms with Crippen LogP contribution in [-0.2, 0) is 19.1 Å². The zero-order valence-electron chi connectivity index (χ0n) is 12.5. The molecule has 1 aromatic rings. The molecule has 0 bridgehead atoms. The van der Waals surface area contributed by atoms with Crippen LogP contribution in [0.3, 0.4) is 0 Å². The second-order valence-corrected chi connectivity index (χ2v) is 7.35. The van der Waals surface area contributed by atoms with E-state index in [1.165, 1.54) is 0 Å². The summed E-state index contributed by atoms with van der Waals surface area (Å²) in [5, 5.41) is 0. The summed E-state index contributed by atoms with van der Waals surface area (Å²) >= 11 is 3.35. The molecule has 1 fully saturated rings. The number of benzene rings is 1. The van der Waals surface area contributed by atoms with Gasteiger partial charge in [-0.2, -0.15) is 11.8 Å². The van der Waals surface area contributed by atoms with Crippen molar-refractivity contribution in [1.82, 2.24) is 0 Å². The van der Waals surface area contributed by atoms with Crippen molar-refractivity contribution in [2.75, 3.05) is 17.3 Å². The molecule has 0 aromatic heterocycles. The fraction of sp³-hybridized carbons (Fsp3) is 0.500. The van der Waals surface area contributed by atoms with Crippen LogP contribution in [0.5, 0.6) is 0 Å². The van der Waals surface area contributed by atoms with E-state index in [4.69, 9.17) is 9.47 Å². The van der Waals surface area contributed by atoms with Gasteiger partial charge in [0.2, 0.25) is 0 Å².